The first-order valence-electron chi connectivity index (χ1n) is 5.96. The van der Waals surface area contributed by atoms with E-state index in [1.165, 1.54) is 0 Å². The Bertz CT molecular complexity index is 605. The monoisotopic (exact) mass is 298 g/mol. The number of halogens is 1. The Balaban J connectivity index is 2.34. The van der Waals surface area contributed by atoms with Crippen molar-refractivity contribution >= 4 is 17.6 Å². The van der Waals surface area contributed by atoms with E-state index in [4.69, 9.17) is 9.84 Å². The fourth-order valence-electron chi connectivity index (χ4n) is 2.02. The predicted octanol–water partition coefficient (Wildman–Crippen LogP) is 0.659. The largest absolute Gasteiger partial charge is 0.480 e. The highest BCUT2D eigenvalue weighted by Crippen LogP contribution is 2.19. The summed E-state index contributed by atoms with van der Waals surface area (Å²) in [4.78, 5) is 34.2. The molecule has 9 heteroatoms. The van der Waals surface area contributed by atoms with Crippen molar-refractivity contribution in [2.75, 3.05) is 19.8 Å². The first-order valence-corrected chi connectivity index (χ1v) is 5.96. The summed E-state index contributed by atoms with van der Waals surface area (Å²) >= 11 is 0. The topological polar surface area (TPSA) is 110 Å². The van der Waals surface area contributed by atoms with E-state index >= 15 is 0 Å². The van der Waals surface area contributed by atoms with Gasteiger partial charge in [-0.2, -0.15) is 0 Å². The van der Waals surface area contributed by atoms with Gasteiger partial charge in [-0.05, 0) is 6.07 Å². The summed E-state index contributed by atoms with van der Waals surface area (Å²) in [5, 5.41) is 19.7. The minimum Gasteiger partial charge on any atom is -0.480 e. The number of nitro benzene ring substituents is 1. The molecule has 1 aliphatic rings. The fraction of sp³-hybridized carbons (Fsp3) is 0.333. The second-order valence-corrected chi connectivity index (χ2v) is 4.38. The van der Waals surface area contributed by atoms with Crippen molar-refractivity contribution in [3.63, 3.8) is 0 Å². The molecule has 1 aliphatic heterocycles. The van der Waals surface area contributed by atoms with E-state index in [9.17, 15) is 24.1 Å². The van der Waals surface area contributed by atoms with Gasteiger partial charge >= 0.3 is 5.97 Å². The lowest BCUT2D eigenvalue weighted by Gasteiger charge is -2.32. The van der Waals surface area contributed by atoms with Crippen LogP contribution in [-0.4, -0.2) is 52.6 Å². The van der Waals surface area contributed by atoms with Gasteiger partial charge in [0.15, 0.2) is 6.04 Å². The molecule has 21 heavy (non-hydrogen) atoms. The first kappa shape index (κ1) is 14.9. The SMILES string of the molecule is O=C(O)C1COCCN1C(=O)c1cc(F)cc([N+](=O)[O-])c1. The number of ether oxygens (including phenoxy) is 1. The summed E-state index contributed by atoms with van der Waals surface area (Å²) in [5.41, 5.74) is -0.840. The molecule has 1 fully saturated rings. The maximum absolute atomic E-state index is 13.4. The van der Waals surface area contributed by atoms with Gasteiger partial charge in [0, 0.05) is 18.2 Å². The Kier molecular flexibility index (Phi) is 4.13. The summed E-state index contributed by atoms with van der Waals surface area (Å²) in [5.74, 6) is -2.98. The third-order valence-corrected chi connectivity index (χ3v) is 3.01. The van der Waals surface area contributed by atoms with Crippen LogP contribution in [0.15, 0.2) is 18.2 Å². The van der Waals surface area contributed by atoms with Crippen molar-refractivity contribution in [3.8, 4) is 0 Å². The van der Waals surface area contributed by atoms with Crippen LogP contribution in [0.3, 0.4) is 0 Å². The van der Waals surface area contributed by atoms with Crippen LogP contribution in [0.4, 0.5) is 10.1 Å². The van der Waals surface area contributed by atoms with E-state index in [0.717, 1.165) is 17.0 Å². The van der Waals surface area contributed by atoms with Crippen molar-refractivity contribution in [2.45, 2.75) is 6.04 Å². The summed E-state index contributed by atoms with van der Waals surface area (Å²) in [7, 11) is 0. The first-order chi connectivity index (χ1) is 9.90. The van der Waals surface area contributed by atoms with E-state index in [1.807, 2.05) is 0 Å². The number of carbonyl (C=O) groups is 2. The highest BCUT2D eigenvalue weighted by atomic mass is 19.1. The zero-order chi connectivity index (χ0) is 15.6. The van der Waals surface area contributed by atoms with Gasteiger partial charge in [-0.25, -0.2) is 9.18 Å². The van der Waals surface area contributed by atoms with Gasteiger partial charge < -0.3 is 14.7 Å². The van der Waals surface area contributed by atoms with Gasteiger partial charge in [-0.15, -0.1) is 0 Å². The van der Waals surface area contributed by atoms with Gasteiger partial charge in [-0.3, -0.25) is 14.9 Å². The van der Waals surface area contributed by atoms with Crippen molar-refractivity contribution < 1.29 is 28.7 Å². The third-order valence-electron chi connectivity index (χ3n) is 3.01. The van der Waals surface area contributed by atoms with E-state index < -0.39 is 34.3 Å². The van der Waals surface area contributed by atoms with Crippen LogP contribution in [0.2, 0.25) is 0 Å². The van der Waals surface area contributed by atoms with Crippen molar-refractivity contribution in [3.05, 3.63) is 39.7 Å². The summed E-state index contributed by atoms with van der Waals surface area (Å²) < 4.78 is 18.3. The molecule has 0 bridgehead atoms. The molecule has 0 saturated carbocycles. The summed E-state index contributed by atoms with van der Waals surface area (Å²) in [6.45, 7) is -0.0223. The quantitative estimate of drug-likeness (QED) is 0.648. The molecule has 1 N–H and O–H groups in total. The van der Waals surface area contributed by atoms with E-state index in [1.54, 1.807) is 0 Å². The molecule has 1 aromatic rings. The standard InChI is InChI=1S/C12H11FN2O6/c13-8-3-7(4-9(5-8)15(19)20)11(16)14-1-2-21-6-10(14)12(17)18/h3-5,10H,1-2,6H2,(H,17,18). The molecule has 2 rings (SSSR count). The molecule has 0 aliphatic carbocycles. The van der Waals surface area contributed by atoms with Crippen LogP contribution in [0.1, 0.15) is 10.4 Å². The molecule has 0 spiro atoms. The molecule has 1 amide bonds. The number of carbonyl (C=O) groups excluding carboxylic acids is 1. The Labute approximate surface area is 117 Å². The van der Waals surface area contributed by atoms with Crippen molar-refractivity contribution in [1.82, 2.24) is 4.90 Å². The molecule has 1 saturated heterocycles. The maximum atomic E-state index is 13.4. The second kappa shape index (κ2) is 5.83. The number of nitro groups is 1. The normalized spacial score (nSPS) is 18.3. The van der Waals surface area contributed by atoms with Gasteiger partial charge in [0.2, 0.25) is 0 Å². The minimum absolute atomic E-state index is 0.0140. The van der Waals surface area contributed by atoms with Crippen LogP contribution in [0, 0.1) is 15.9 Å². The van der Waals surface area contributed by atoms with Gasteiger partial charge in [-0.1, -0.05) is 0 Å². The lowest BCUT2D eigenvalue weighted by atomic mass is 10.1. The lowest BCUT2D eigenvalue weighted by molar-refractivity contribution is -0.385. The summed E-state index contributed by atoms with van der Waals surface area (Å²) in [6, 6.07) is 1.24. The Morgan fingerprint density at radius 1 is 1.43 bits per heavy atom. The number of amides is 1. The second-order valence-electron chi connectivity index (χ2n) is 4.38. The Hall–Kier alpha value is -2.55. The summed E-state index contributed by atoms with van der Waals surface area (Å²) in [6.07, 6.45) is 0. The van der Waals surface area contributed by atoms with Crippen molar-refractivity contribution in [2.24, 2.45) is 0 Å². The number of hydrogen-bond donors (Lipinski definition) is 1. The molecule has 1 atom stereocenters. The number of non-ortho nitro benzene ring substituents is 1. The lowest BCUT2D eigenvalue weighted by Crippen LogP contribution is -2.52. The minimum atomic E-state index is -1.26. The molecular formula is C12H11FN2O6. The molecule has 1 unspecified atom stereocenters. The number of benzene rings is 1. The van der Waals surface area contributed by atoms with Crippen LogP contribution in [0.25, 0.3) is 0 Å². The molecule has 112 valence electrons. The van der Waals surface area contributed by atoms with Crippen LogP contribution >= 0.6 is 0 Å². The maximum Gasteiger partial charge on any atom is 0.328 e. The van der Waals surface area contributed by atoms with Crippen LogP contribution in [0.5, 0.6) is 0 Å². The molecule has 8 nitrogen and oxygen atoms in total. The molecule has 1 heterocycles. The average Bonchev–Trinajstić information content (AvgIpc) is 2.45. The number of morpholine rings is 1. The van der Waals surface area contributed by atoms with E-state index in [2.05, 4.69) is 0 Å². The third kappa shape index (κ3) is 3.14. The van der Waals surface area contributed by atoms with Gasteiger partial charge in [0.05, 0.1) is 24.2 Å². The zero-order valence-electron chi connectivity index (χ0n) is 10.7. The highest BCUT2D eigenvalue weighted by molar-refractivity contribution is 5.97. The van der Waals surface area contributed by atoms with Crippen LogP contribution in [-0.2, 0) is 9.53 Å². The predicted molar refractivity (Wildman–Crippen MR) is 66.3 cm³/mol. The number of nitrogens with zero attached hydrogens (tertiary/aromatic N) is 2. The Morgan fingerprint density at radius 2 is 2.14 bits per heavy atom. The number of carboxylic acid groups (broad SMARTS) is 1. The van der Waals surface area contributed by atoms with E-state index in [0.29, 0.717) is 6.07 Å². The Morgan fingerprint density at radius 3 is 2.76 bits per heavy atom. The fourth-order valence-corrected chi connectivity index (χ4v) is 2.02. The molecule has 0 aromatic heterocycles. The van der Waals surface area contributed by atoms with Crippen LogP contribution < -0.4 is 0 Å². The number of carboxylic acids is 1. The van der Waals surface area contributed by atoms with Gasteiger partial charge in [0.1, 0.15) is 5.82 Å². The number of aliphatic carboxylic acids is 1. The molecule has 0 radical (unpaired) electrons. The molecular weight excluding hydrogens is 287 g/mol. The van der Waals surface area contributed by atoms with Crippen molar-refractivity contribution in [1.29, 1.82) is 0 Å². The number of rotatable bonds is 3. The number of hydrogen-bond acceptors (Lipinski definition) is 5. The van der Waals surface area contributed by atoms with E-state index in [-0.39, 0.29) is 25.3 Å². The smallest absolute Gasteiger partial charge is 0.328 e. The molecule has 1 aromatic carbocycles. The highest BCUT2D eigenvalue weighted by Gasteiger charge is 2.33. The average molecular weight is 298 g/mol. The zero-order valence-corrected chi connectivity index (χ0v) is 10.7. The van der Waals surface area contributed by atoms with Gasteiger partial charge in [0.25, 0.3) is 11.6 Å².